The molecule has 2 aromatic heterocycles. The van der Waals surface area contributed by atoms with E-state index in [0.717, 1.165) is 22.7 Å². The van der Waals surface area contributed by atoms with E-state index in [1.54, 1.807) is 17.9 Å². The highest BCUT2D eigenvalue weighted by atomic mass is 16.5. The molecule has 0 bridgehead atoms. The van der Waals surface area contributed by atoms with E-state index in [4.69, 9.17) is 14.5 Å². The first kappa shape index (κ1) is 23.8. The molecule has 34 heavy (non-hydrogen) atoms. The summed E-state index contributed by atoms with van der Waals surface area (Å²) in [6, 6.07) is 11.6. The molecule has 0 saturated carbocycles. The zero-order valence-corrected chi connectivity index (χ0v) is 20.5. The lowest BCUT2D eigenvalue weighted by Crippen LogP contribution is -2.38. The summed E-state index contributed by atoms with van der Waals surface area (Å²) in [4.78, 5) is 25.2. The molecule has 1 aliphatic rings. The lowest BCUT2D eigenvalue weighted by molar-refractivity contribution is 0.0720. The number of ether oxygens (including phenoxy) is 2. The van der Waals surface area contributed by atoms with Crippen molar-refractivity contribution in [2.24, 2.45) is 0 Å². The van der Waals surface area contributed by atoms with Gasteiger partial charge in [0.15, 0.2) is 0 Å². The molecule has 1 aliphatic heterocycles. The molecule has 0 radical (unpaired) electrons. The minimum absolute atomic E-state index is 0.0611. The molecule has 8 nitrogen and oxygen atoms in total. The van der Waals surface area contributed by atoms with Gasteiger partial charge in [0.05, 0.1) is 24.9 Å². The van der Waals surface area contributed by atoms with Gasteiger partial charge >= 0.3 is 0 Å². The number of aromatic nitrogens is 3. The van der Waals surface area contributed by atoms with Crippen molar-refractivity contribution in [3.63, 3.8) is 0 Å². The van der Waals surface area contributed by atoms with E-state index in [1.807, 2.05) is 64.1 Å². The maximum Gasteiger partial charge on any atom is 0.277 e. The van der Waals surface area contributed by atoms with E-state index >= 15 is 0 Å². The fourth-order valence-electron chi connectivity index (χ4n) is 4.55. The number of hydrogen-bond donors (Lipinski definition) is 1. The maximum atomic E-state index is 13.6. The third-order valence-electron chi connectivity index (χ3n) is 6.29. The van der Waals surface area contributed by atoms with Crippen LogP contribution in [0.5, 0.6) is 5.75 Å². The molecule has 3 heterocycles. The first-order valence-corrected chi connectivity index (χ1v) is 11.8. The lowest BCUT2D eigenvalue weighted by Gasteiger charge is -2.23. The van der Waals surface area contributed by atoms with Crippen LogP contribution in [0, 0.1) is 13.8 Å². The van der Waals surface area contributed by atoms with Crippen molar-refractivity contribution in [1.29, 1.82) is 0 Å². The van der Waals surface area contributed by atoms with Crippen LogP contribution < -0.4 is 20.5 Å². The molecule has 4 rings (SSSR count). The Morgan fingerprint density at radius 2 is 1.97 bits per heavy atom. The second-order valence-electron chi connectivity index (χ2n) is 8.46. The predicted octanol–water partition coefficient (Wildman–Crippen LogP) is 3.66. The Morgan fingerprint density at radius 3 is 2.62 bits per heavy atom. The maximum absolute atomic E-state index is 13.6. The van der Waals surface area contributed by atoms with Gasteiger partial charge in [0.25, 0.3) is 5.56 Å². The van der Waals surface area contributed by atoms with Gasteiger partial charge in [0.1, 0.15) is 23.1 Å². The van der Waals surface area contributed by atoms with Gasteiger partial charge in [0.2, 0.25) is 0 Å². The summed E-state index contributed by atoms with van der Waals surface area (Å²) in [6.07, 6.45) is 1.73. The number of methoxy groups -OCH3 is 1. The van der Waals surface area contributed by atoms with E-state index < -0.39 is 0 Å². The Hall–Kier alpha value is -3.39. The van der Waals surface area contributed by atoms with Gasteiger partial charge in [0, 0.05) is 38.0 Å². The van der Waals surface area contributed by atoms with Gasteiger partial charge < -0.3 is 19.7 Å². The Balaban J connectivity index is 1.67. The number of pyridine rings is 1. The van der Waals surface area contributed by atoms with Crippen LogP contribution in [-0.2, 0) is 11.3 Å². The summed E-state index contributed by atoms with van der Waals surface area (Å²) in [6.45, 7) is 10.4. The van der Waals surface area contributed by atoms with Crippen molar-refractivity contribution in [2.45, 2.75) is 46.4 Å². The smallest absolute Gasteiger partial charge is 0.277 e. The Morgan fingerprint density at radius 1 is 1.15 bits per heavy atom. The van der Waals surface area contributed by atoms with E-state index in [1.165, 1.54) is 0 Å². The monoisotopic (exact) mass is 463 g/mol. The summed E-state index contributed by atoms with van der Waals surface area (Å²) in [5, 5.41) is 3.49. The summed E-state index contributed by atoms with van der Waals surface area (Å²) < 4.78 is 13.1. The van der Waals surface area contributed by atoms with Gasteiger partial charge in [-0.25, -0.2) is 9.97 Å². The van der Waals surface area contributed by atoms with Crippen molar-refractivity contribution in [3.05, 3.63) is 64.2 Å². The topological polar surface area (TPSA) is 81.5 Å². The minimum atomic E-state index is -0.0771. The molecule has 2 atom stereocenters. The number of rotatable bonds is 8. The number of anilines is 2. The van der Waals surface area contributed by atoms with Crippen LogP contribution in [0.4, 0.5) is 11.5 Å². The summed E-state index contributed by atoms with van der Waals surface area (Å²) >= 11 is 0. The van der Waals surface area contributed by atoms with Crippen LogP contribution in [0.2, 0.25) is 0 Å². The summed E-state index contributed by atoms with van der Waals surface area (Å²) in [7, 11) is 1.65. The Kier molecular flexibility index (Phi) is 7.17. The van der Waals surface area contributed by atoms with Crippen LogP contribution >= 0.6 is 0 Å². The molecular weight excluding hydrogens is 430 g/mol. The number of benzene rings is 1. The lowest BCUT2D eigenvalue weighted by atomic mass is 10.1. The average Bonchev–Trinajstić information content (AvgIpc) is 3.24. The number of hydrogen-bond acceptors (Lipinski definition) is 7. The van der Waals surface area contributed by atoms with Gasteiger partial charge in [-0.1, -0.05) is 6.07 Å². The second kappa shape index (κ2) is 10.3. The largest absolute Gasteiger partial charge is 0.497 e. The van der Waals surface area contributed by atoms with Crippen molar-refractivity contribution >= 4 is 11.5 Å². The summed E-state index contributed by atoms with van der Waals surface area (Å²) in [5.74, 6) is 2.35. The molecule has 1 saturated heterocycles. The van der Waals surface area contributed by atoms with Crippen molar-refractivity contribution in [2.75, 3.05) is 37.0 Å². The number of nitrogens with one attached hydrogen (secondary N) is 1. The first-order valence-electron chi connectivity index (χ1n) is 11.8. The van der Waals surface area contributed by atoms with Gasteiger partial charge in [-0.05, 0) is 63.6 Å². The number of nitrogens with zero attached hydrogens (tertiary/aromatic N) is 4. The van der Waals surface area contributed by atoms with Crippen LogP contribution in [0.3, 0.4) is 0 Å². The fraction of sp³-hybridized carbons (Fsp3) is 0.423. The SMILES string of the molecule is CCO[C@@H]1CN(c2ccccn2)C[C@H]1Nc1c(C)nc(-c2ccc(OC)cc2C)n(CC)c1=O. The van der Waals surface area contributed by atoms with Crippen LogP contribution in [0.1, 0.15) is 25.1 Å². The van der Waals surface area contributed by atoms with Crippen LogP contribution in [-0.4, -0.2) is 53.5 Å². The molecular formula is C26H33N5O3. The highest BCUT2D eigenvalue weighted by Crippen LogP contribution is 2.27. The third kappa shape index (κ3) is 4.63. The Labute approximate surface area is 200 Å². The molecule has 0 spiro atoms. The van der Waals surface area contributed by atoms with Gasteiger partial charge in [-0.2, -0.15) is 0 Å². The predicted molar refractivity (Wildman–Crippen MR) is 135 cm³/mol. The zero-order chi connectivity index (χ0) is 24.2. The molecule has 3 aromatic rings. The fourth-order valence-corrected chi connectivity index (χ4v) is 4.55. The number of aryl methyl sites for hydroxylation is 2. The molecule has 1 aromatic carbocycles. The quantitative estimate of drug-likeness (QED) is 0.546. The molecule has 180 valence electrons. The van der Waals surface area contributed by atoms with Crippen LogP contribution in [0.25, 0.3) is 11.4 Å². The van der Waals surface area contributed by atoms with E-state index in [2.05, 4.69) is 15.2 Å². The van der Waals surface area contributed by atoms with E-state index in [-0.39, 0.29) is 17.7 Å². The summed E-state index contributed by atoms with van der Waals surface area (Å²) in [5.41, 5.74) is 3.04. The zero-order valence-electron chi connectivity index (χ0n) is 20.5. The Bertz CT molecular complexity index is 1200. The average molecular weight is 464 g/mol. The molecule has 0 unspecified atom stereocenters. The van der Waals surface area contributed by atoms with Crippen molar-refractivity contribution in [1.82, 2.24) is 14.5 Å². The van der Waals surface area contributed by atoms with Crippen molar-refractivity contribution < 1.29 is 9.47 Å². The highest BCUT2D eigenvalue weighted by molar-refractivity contribution is 5.64. The molecule has 0 aliphatic carbocycles. The van der Waals surface area contributed by atoms with E-state index in [9.17, 15) is 4.79 Å². The normalized spacial score (nSPS) is 17.7. The minimum Gasteiger partial charge on any atom is -0.497 e. The van der Waals surface area contributed by atoms with Crippen LogP contribution in [0.15, 0.2) is 47.4 Å². The van der Waals surface area contributed by atoms with Gasteiger partial charge in [-0.15, -0.1) is 0 Å². The molecule has 1 fully saturated rings. The molecule has 1 N–H and O–H groups in total. The second-order valence-corrected chi connectivity index (χ2v) is 8.46. The van der Waals surface area contributed by atoms with E-state index in [0.29, 0.717) is 43.4 Å². The van der Waals surface area contributed by atoms with Gasteiger partial charge in [-0.3, -0.25) is 9.36 Å². The molecule has 8 heteroatoms. The first-order chi connectivity index (χ1) is 16.5. The van der Waals surface area contributed by atoms with Crippen molar-refractivity contribution in [3.8, 4) is 17.1 Å². The standard InChI is InChI=1S/C26H33N5O3/c1-6-31-25(20-12-11-19(33-5)14-17(20)3)28-18(4)24(26(31)32)29-21-15-30(16-22(21)34-7-2)23-10-8-9-13-27-23/h8-14,21-22,29H,6-7,15-16H2,1-5H3/t21-,22-/m1/s1. The highest BCUT2D eigenvalue weighted by Gasteiger charge is 2.35. The molecule has 0 amide bonds. The third-order valence-corrected chi connectivity index (χ3v) is 6.29.